The number of nitrogens with one attached hydrogen (secondary N) is 1. The highest BCUT2D eigenvalue weighted by molar-refractivity contribution is 6.01. The van der Waals surface area contributed by atoms with Crippen molar-refractivity contribution in [3.63, 3.8) is 0 Å². The zero-order valence-electron chi connectivity index (χ0n) is 10.2. The van der Waals surface area contributed by atoms with E-state index in [2.05, 4.69) is 10.3 Å². The summed E-state index contributed by atoms with van der Waals surface area (Å²) in [6.45, 7) is 0.0945. The average molecular weight is 259 g/mol. The first-order valence-corrected chi connectivity index (χ1v) is 6.11. The fraction of sp³-hybridized carbons (Fsp3) is 0.308. The molecule has 1 fully saturated rings. The highest BCUT2D eigenvalue weighted by atomic mass is 16.4. The van der Waals surface area contributed by atoms with Gasteiger partial charge in [0.2, 0.25) is 5.91 Å². The number of benzene rings is 1. The Balaban J connectivity index is 1.94. The number of aromatic carboxylic acids is 1. The number of hydrogen-bond donors (Lipinski definition) is 2. The third-order valence-electron chi connectivity index (χ3n) is 3.12. The van der Waals surface area contributed by atoms with Crippen molar-refractivity contribution in [1.82, 2.24) is 14.9 Å². The molecule has 1 aliphatic rings. The van der Waals surface area contributed by atoms with Crippen molar-refractivity contribution >= 4 is 22.9 Å². The second kappa shape index (κ2) is 4.38. The van der Waals surface area contributed by atoms with Gasteiger partial charge in [0.05, 0.1) is 22.9 Å². The molecule has 2 aromatic rings. The number of rotatable bonds is 4. The summed E-state index contributed by atoms with van der Waals surface area (Å²) in [6, 6.07) is 5.19. The molecule has 0 aliphatic heterocycles. The smallest absolute Gasteiger partial charge is 0.337 e. The molecule has 1 heterocycles. The van der Waals surface area contributed by atoms with Gasteiger partial charge in [0.1, 0.15) is 6.54 Å². The maximum atomic E-state index is 11.8. The van der Waals surface area contributed by atoms with Crippen LogP contribution < -0.4 is 5.32 Å². The van der Waals surface area contributed by atoms with Crippen LogP contribution in [-0.4, -0.2) is 32.6 Å². The molecule has 0 unspecified atom stereocenters. The highest BCUT2D eigenvalue weighted by Gasteiger charge is 2.23. The first-order chi connectivity index (χ1) is 9.15. The van der Waals surface area contributed by atoms with Gasteiger partial charge >= 0.3 is 5.97 Å². The molecule has 0 radical (unpaired) electrons. The van der Waals surface area contributed by atoms with E-state index < -0.39 is 5.97 Å². The monoisotopic (exact) mass is 259 g/mol. The zero-order chi connectivity index (χ0) is 13.4. The predicted molar refractivity (Wildman–Crippen MR) is 67.9 cm³/mol. The lowest BCUT2D eigenvalue weighted by molar-refractivity contribution is -0.121. The standard InChI is InChI=1S/C13H13N3O3/c17-11(15-8-4-5-8)6-16-7-14-10-3-1-2-9(12(10)16)13(18)19/h1-3,7-8H,4-6H2,(H,15,17)(H,18,19). The highest BCUT2D eigenvalue weighted by Crippen LogP contribution is 2.20. The lowest BCUT2D eigenvalue weighted by Crippen LogP contribution is -2.29. The van der Waals surface area contributed by atoms with Gasteiger partial charge in [0.15, 0.2) is 0 Å². The summed E-state index contributed by atoms with van der Waals surface area (Å²) in [5, 5.41) is 12.0. The zero-order valence-corrected chi connectivity index (χ0v) is 10.2. The lowest BCUT2D eigenvalue weighted by Gasteiger charge is -2.07. The van der Waals surface area contributed by atoms with Gasteiger partial charge in [-0.25, -0.2) is 9.78 Å². The van der Waals surface area contributed by atoms with E-state index in [0.717, 1.165) is 12.8 Å². The molecule has 0 atom stereocenters. The average Bonchev–Trinajstić information content (AvgIpc) is 3.09. The molecule has 1 aliphatic carbocycles. The predicted octanol–water partition coefficient (Wildman–Crippen LogP) is 1.01. The van der Waals surface area contributed by atoms with E-state index in [4.69, 9.17) is 0 Å². The molecular formula is C13H13N3O3. The largest absolute Gasteiger partial charge is 0.478 e. The molecule has 2 N–H and O–H groups in total. The summed E-state index contributed by atoms with van der Waals surface area (Å²) in [7, 11) is 0. The van der Waals surface area contributed by atoms with Gasteiger partial charge in [0.25, 0.3) is 0 Å². The van der Waals surface area contributed by atoms with Gasteiger partial charge in [-0.1, -0.05) is 6.07 Å². The Kier molecular flexibility index (Phi) is 2.70. The van der Waals surface area contributed by atoms with Crippen LogP contribution in [0.2, 0.25) is 0 Å². The van der Waals surface area contributed by atoms with Gasteiger partial charge in [-0.3, -0.25) is 4.79 Å². The molecule has 0 saturated heterocycles. The summed E-state index contributed by atoms with van der Waals surface area (Å²) in [6.07, 6.45) is 3.55. The number of hydrogen-bond acceptors (Lipinski definition) is 3. The molecule has 1 aromatic heterocycles. The van der Waals surface area contributed by atoms with Crippen LogP contribution in [0, 0.1) is 0 Å². The van der Waals surface area contributed by atoms with E-state index in [-0.39, 0.29) is 18.0 Å². The van der Waals surface area contributed by atoms with E-state index in [1.165, 1.54) is 12.4 Å². The Bertz CT molecular complexity index is 658. The van der Waals surface area contributed by atoms with Crippen LogP contribution in [0.25, 0.3) is 11.0 Å². The quantitative estimate of drug-likeness (QED) is 0.858. The summed E-state index contributed by atoms with van der Waals surface area (Å²) in [4.78, 5) is 27.1. The van der Waals surface area contributed by atoms with Gasteiger partial charge in [-0.05, 0) is 25.0 Å². The number of carbonyl (C=O) groups excluding carboxylic acids is 1. The molecule has 1 saturated carbocycles. The number of carbonyl (C=O) groups is 2. The normalized spacial score (nSPS) is 14.5. The number of fused-ring (bicyclic) bond motifs is 1. The molecule has 6 heteroatoms. The number of carboxylic acid groups (broad SMARTS) is 1. The van der Waals surface area contributed by atoms with Gasteiger partial charge in [-0.15, -0.1) is 0 Å². The Hall–Kier alpha value is -2.37. The fourth-order valence-electron chi connectivity index (χ4n) is 2.08. The minimum Gasteiger partial charge on any atom is -0.478 e. The Morgan fingerprint density at radius 2 is 2.21 bits per heavy atom. The van der Waals surface area contributed by atoms with Crippen molar-refractivity contribution in [3.05, 3.63) is 30.1 Å². The Morgan fingerprint density at radius 1 is 1.42 bits per heavy atom. The van der Waals surface area contributed by atoms with Crippen LogP contribution in [0.3, 0.4) is 0 Å². The van der Waals surface area contributed by atoms with Crippen LogP contribution in [0.1, 0.15) is 23.2 Å². The minimum atomic E-state index is -1.02. The Morgan fingerprint density at radius 3 is 2.89 bits per heavy atom. The molecule has 19 heavy (non-hydrogen) atoms. The number of amides is 1. The second-order valence-corrected chi connectivity index (χ2v) is 4.69. The lowest BCUT2D eigenvalue weighted by atomic mass is 10.2. The summed E-state index contributed by atoms with van der Waals surface area (Å²) in [5.41, 5.74) is 1.23. The van der Waals surface area contributed by atoms with E-state index in [9.17, 15) is 14.7 Å². The number of imidazole rings is 1. The second-order valence-electron chi connectivity index (χ2n) is 4.69. The van der Waals surface area contributed by atoms with E-state index in [0.29, 0.717) is 17.1 Å². The molecule has 1 amide bonds. The van der Waals surface area contributed by atoms with Crippen molar-refractivity contribution < 1.29 is 14.7 Å². The van der Waals surface area contributed by atoms with E-state index >= 15 is 0 Å². The van der Waals surface area contributed by atoms with Crippen LogP contribution in [0.4, 0.5) is 0 Å². The third-order valence-corrected chi connectivity index (χ3v) is 3.12. The van der Waals surface area contributed by atoms with Gasteiger partial charge < -0.3 is 15.0 Å². The van der Waals surface area contributed by atoms with Crippen molar-refractivity contribution in [3.8, 4) is 0 Å². The molecule has 0 bridgehead atoms. The number of nitrogens with zero attached hydrogens (tertiary/aromatic N) is 2. The Labute approximate surface area is 109 Å². The maximum absolute atomic E-state index is 11.8. The minimum absolute atomic E-state index is 0.0945. The third kappa shape index (κ3) is 2.29. The fourth-order valence-corrected chi connectivity index (χ4v) is 2.08. The summed E-state index contributed by atoms with van der Waals surface area (Å²) < 4.78 is 1.58. The summed E-state index contributed by atoms with van der Waals surface area (Å²) >= 11 is 0. The first-order valence-electron chi connectivity index (χ1n) is 6.11. The first kappa shape index (κ1) is 11.7. The van der Waals surface area contributed by atoms with Crippen molar-refractivity contribution in [2.75, 3.05) is 0 Å². The van der Waals surface area contributed by atoms with Crippen molar-refractivity contribution in [2.24, 2.45) is 0 Å². The topological polar surface area (TPSA) is 84.2 Å². The maximum Gasteiger partial charge on any atom is 0.337 e. The number of para-hydroxylation sites is 1. The van der Waals surface area contributed by atoms with Crippen LogP contribution >= 0.6 is 0 Å². The van der Waals surface area contributed by atoms with Crippen LogP contribution in [0.5, 0.6) is 0 Å². The number of aromatic nitrogens is 2. The molecule has 3 rings (SSSR count). The van der Waals surface area contributed by atoms with Gasteiger partial charge in [-0.2, -0.15) is 0 Å². The molecule has 1 aromatic carbocycles. The van der Waals surface area contributed by atoms with E-state index in [1.807, 2.05) is 0 Å². The molecule has 0 spiro atoms. The SMILES string of the molecule is O=C(Cn1cnc2cccc(C(=O)O)c21)NC1CC1. The molecular weight excluding hydrogens is 246 g/mol. The summed E-state index contributed by atoms with van der Waals surface area (Å²) in [5.74, 6) is -1.13. The molecule has 98 valence electrons. The van der Waals surface area contributed by atoms with Gasteiger partial charge in [0, 0.05) is 6.04 Å². The van der Waals surface area contributed by atoms with Crippen LogP contribution in [0.15, 0.2) is 24.5 Å². The molecule has 6 nitrogen and oxygen atoms in total. The number of carboxylic acids is 1. The van der Waals surface area contributed by atoms with Crippen LogP contribution in [-0.2, 0) is 11.3 Å². The van der Waals surface area contributed by atoms with E-state index in [1.54, 1.807) is 16.7 Å². The van der Waals surface area contributed by atoms with Crippen molar-refractivity contribution in [2.45, 2.75) is 25.4 Å². The van der Waals surface area contributed by atoms with Crippen molar-refractivity contribution in [1.29, 1.82) is 0 Å².